The number of nitrogens with zero attached hydrogens (tertiary/aromatic N) is 3. The number of carbonyl (C=O) groups excluding carboxylic acids is 2. The van der Waals surface area contributed by atoms with E-state index in [1.54, 1.807) is 0 Å². The van der Waals surface area contributed by atoms with Crippen molar-refractivity contribution in [2.45, 2.75) is 52.2 Å². The van der Waals surface area contributed by atoms with Crippen LogP contribution in [0.1, 0.15) is 33.0 Å². The molecule has 0 aliphatic carbocycles. The van der Waals surface area contributed by atoms with E-state index in [-0.39, 0.29) is 30.3 Å². The number of benzene rings is 1. The number of rotatable bonds is 7. The van der Waals surface area contributed by atoms with Crippen LogP contribution in [0, 0.1) is 0 Å². The molecular formula is C20H29N5O2. The molecule has 1 aromatic heterocycles. The van der Waals surface area contributed by atoms with Crippen LogP contribution in [0.4, 0.5) is 0 Å². The van der Waals surface area contributed by atoms with Crippen molar-refractivity contribution in [3.8, 4) is 0 Å². The molecule has 0 bridgehead atoms. The van der Waals surface area contributed by atoms with Crippen molar-refractivity contribution in [2.75, 3.05) is 19.6 Å². The molecule has 2 heterocycles. The summed E-state index contributed by atoms with van der Waals surface area (Å²) in [7, 11) is 0. The minimum absolute atomic E-state index is 0.0575. The van der Waals surface area contributed by atoms with Crippen molar-refractivity contribution in [1.82, 2.24) is 25.1 Å². The lowest BCUT2D eigenvalue weighted by Gasteiger charge is -2.37. The van der Waals surface area contributed by atoms with Crippen LogP contribution in [0.2, 0.25) is 0 Å². The molecule has 27 heavy (non-hydrogen) atoms. The Kier molecular flexibility index (Phi) is 6.11. The first-order valence-corrected chi connectivity index (χ1v) is 9.75. The van der Waals surface area contributed by atoms with Gasteiger partial charge in [0.1, 0.15) is 5.82 Å². The molecule has 7 heteroatoms. The van der Waals surface area contributed by atoms with E-state index in [0.29, 0.717) is 19.5 Å². The van der Waals surface area contributed by atoms with Crippen LogP contribution >= 0.6 is 0 Å². The van der Waals surface area contributed by atoms with Gasteiger partial charge in [0, 0.05) is 38.6 Å². The average molecular weight is 371 g/mol. The van der Waals surface area contributed by atoms with Gasteiger partial charge in [-0.05, 0) is 32.9 Å². The Morgan fingerprint density at radius 1 is 1.37 bits per heavy atom. The highest BCUT2D eigenvalue weighted by Crippen LogP contribution is 2.16. The smallest absolute Gasteiger partial charge is 0.237 e. The van der Waals surface area contributed by atoms with E-state index < -0.39 is 0 Å². The Bertz CT molecular complexity index is 814. The second-order valence-electron chi connectivity index (χ2n) is 7.20. The van der Waals surface area contributed by atoms with Gasteiger partial charge in [0.05, 0.1) is 23.5 Å². The van der Waals surface area contributed by atoms with Crippen molar-refractivity contribution in [2.24, 2.45) is 0 Å². The fourth-order valence-electron chi connectivity index (χ4n) is 3.79. The Morgan fingerprint density at radius 2 is 2.15 bits per heavy atom. The van der Waals surface area contributed by atoms with Crippen molar-refractivity contribution in [3.63, 3.8) is 0 Å². The molecule has 1 saturated heterocycles. The predicted octanol–water partition coefficient (Wildman–Crippen LogP) is 1.31. The van der Waals surface area contributed by atoms with E-state index >= 15 is 0 Å². The van der Waals surface area contributed by atoms with Gasteiger partial charge in [-0.15, -0.1) is 0 Å². The normalized spacial score (nSPS) is 18.1. The highest BCUT2D eigenvalue weighted by molar-refractivity contribution is 5.88. The van der Waals surface area contributed by atoms with Gasteiger partial charge in [0.2, 0.25) is 11.8 Å². The number of aromatic nitrogens is 2. The summed E-state index contributed by atoms with van der Waals surface area (Å²) in [5, 5.41) is 5.82. The molecule has 0 saturated carbocycles. The van der Waals surface area contributed by atoms with Gasteiger partial charge in [-0.25, -0.2) is 4.98 Å². The van der Waals surface area contributed by atoms with Gasteiger partial charge >= 0.3 is 0 Å². The second kappa shape index (κ2) is 8.52. The van der Waals surface area contributed by atoms with Crippen LogP contribution < -0.4 is 10.6 Å². The van der Waals surface area contributed by atoms with Crippen LogP contribution in [-0.2, 0) is 22.6 Å². The summed E-state index contributed by atoms with van der Waals surface area (Å²) in [6, 6.07) is 7.91. The van der Waals surface area contributed by atoms with Gasteiger partial charge in [-0.3, -0.25) is 14.5 Å². The van der Waals surface area contributed by atoms with Crippen LogP contribution in [0.25, 0.3) is 11.0 Å². The molecule has 1 atom stereocenters. The zero-order chi connectivity index (χ0) is 19.4. The molecular weight excluding hydrogens is 342 g/mol. The van der Waals surface area contributed by atoms with Gasteiger partial charge in [0.15, 0.2) is 0 Å². The lowest BCUT2D eigenvalue weighted by Crippen LogP contribution is -2.58. The van der Waals surface area contributed by atoms with Crippen LogP contribution in [0.3, 0.4) is 0 Å². The Morgan fingerprint density at radius 3 is 2.89 bits per heavy atom. The maximum absolute atomic E-state index is 12.4. The molecule has 0 unspecified atom stereocenters. The molecule has 1 fully saturated rings. The topological polar surface area (TPSA) is 79.3 Å². The highest BCUT2D eigenvalue weighted by Gasteiger charge is 2.32. The number of hydrogen-bond acceptors (Lipinski definition) is 4. The third-order valence-corrected chi connectivity index (χ3v) is 5.13. The highest BCUT2D eigenvalue weighted by atomic mass is 16.2. The molecule has 146 valence electrons. The third-order valence-electron chi connectivity index (χ3n) is 5.13. The number of nitrogens with one attached hydrogen (secondary N) is 2. The molecule has 3 rings (SSSR count). The largest absolute Gasteiger partial charge is 0.356 e. The summed E-state index contributed by atoms with van der Waals surface area (Å²) in [4.78, 5) is 31.3. The van der Waals surface area contributed by atoms with Gasteiger partial charge in [-0.2, -0.15) is 0 Å². The maximum atomic E-state index is 12.4. The molecule has 1 aromatic carbocycles. The maximum Gasteiger partial charge on any atom is 0.237 e. The summed E-state index contributed by atoms with van der Waals surface area (Å²) in [5.41, 5.74) is 2.10. The molecule has 1 aliphatic heterocycles. The number of hydrogen-bond donors (Lipinski definition) is 2. The minimum atomic E-state index is -0.390. The number of amides is 2. The molecule has 2 aromatic rings. The molecule has 0 radical (unpaired) electrons. The van der Waals surface area contributed by atoms with E-state index in [1.807, 2.05) is 18.2 Å². The summed E-state index contributed by atoms with van der Waals surface area (Å²) in [6.07, 6.45) is 0.854. The number of carbonyl (C=O) groups is 2. The molecule has 2 N–H and O–H groups in total. The average Bonchev–Trinajstić information content (AvgIpc) is 3.00. The Hall–Kier alpha value is -2.41. The van der Waals surface area contributed by atoms with Crippen molar-refractivity contribution < 1.29 is 9.59 Å². The Labute approximate surface area is 160 Å². The number of aryl methyl sites for hydroxylation is 1. The van der Waals surface area contributed by atoms with Crippen LogP contribution in [-0.4, -0.2) is 58.0 Å². The van der Waals surface area contributed by atoms with E-state index in [2.05, 4.69) is 51.9 Å². The number of imidazole rings is 1. The third kappa shape index (κ3) is 4.30. The fraction of sp³-hybridized carbons (Fsp3) is 0.550. The van der Waals surface area contributed by atoms with E-state index in [4.69, 9.17) is 0 Å². The summed E-state index contributed by atoms with van der Waals surface area (Å²) >= 11 is 0. The lowest BCUT2D eigenvalue weighted by atomic mass is 10.1. The standard InChI is InChI=1S/C20H29N5O2/c1-4-24-16-8-6-5-7-15(16)23-18(24)9-10-21-19(26)13-17-20(27)22-11-12-25(17)14(2)3/h5-8,14,17H,4,9-13H2,1-3H3,(H,21,26)(H,22,27)/t17-/m1/s1. The summed E-state index contributed by atoms with van der Waals surface area (Å²) < 4.78 is 2.18. The SMILES string of the molecule is CCn1c(CCNC(=O)C[C@@H]2C(=O)NCCN2C(C)C)nc2ccccc21. The van der Waals surface area contributed by atoms with E-state index in [0.717, 1.165) is 29.9 Å². The number of piperazine rings is 1. The first kappa shape index (κ1) is 19.4. The molecule has 0 spiro atoms. The van der Waals surface area contributed by atoms with E-state index in [9.17, 15) is 9.59 Å². The quantitative estimate of drug-likeness (QED) is 0.769. The monoisotopic (exact) mass is 371 g/mol. The van der Waals surface area contributed by atoms with E-state index in [1.165, 1.54) is 0 Å². The zero-order valence-corrected chi connectivity index (χ0v) is 16.4. The van der Waals surface area contributed by atoms with Gasteiger partial charge < -0.3 is 15.2 Å². The zero-order valence-electron chi connectivity index (χ0n) is 16.4. The van der Waals surface area contributed by atoms with Crippen molar-refractivity contribution >= 4 is 22.8 Å². The van der Waals surface area contributed by atoms with Crippen molar-refractivity contribution in [3.05, 3.63) is 30.1 Å². The first-order chi connectivity index (χ1) is 13.0. The van der Waals surface area contributed by atoms with Gasteiger partial charge in [-0.1, -0.05) is 12.1 Å². The van der Waals surface area contributed by atoms with Gasteiger partial charge in [0.25, 0.3) is 0 Å². The van der Waals surface area contributed by atoms with Crippen molar-refractivity contribution in [1.29, 1.82) is 0 Å². The molecule has 1 aliphatic rings. The first-order valence-electron chi connectivity index (χ1n) is 9.75. The minimum Gasteiger partial charge on any atom is -0.356 e. The lowest BCUT2D eigenvalue weighted by molar-refractivity contribution is -0.134. The number of fused-ring (bicyclic) bond motifs is 1. The molecule has 7 nitrogen and oxygen atoms in total. The summed E-state index contributed by atoms with van der Waals surface area (Å²) in [5.74, 6) is 0.818. The Balaban J connectivity index is 1.57. The predicted molar refractivity (Wildman–Crippen MR) is 105 cm³/mol. The molecule has 2 amide bonds. The number of para-hydroxylation sites is 2. The fourth-order valence-corrected chi connectivity index (χ4v) is 3.79. The van der Waals surface area contributed by atoms with Crippen LogP contribution in [0.5, 0.6) is 0 Å². The van der Waals surface area contributed by atoms with Crippen LogP contribution in [0.15, 0.2) is 24.3 Å². The summed E-state index contributed by atoms with van der Waals surface area (Å²) in [6.45, 7) is 8.98. The second-order valence-corrected chi connectivity index (χ2v) is 7.20.